The molecule has 0 atom stereocenters. The number of hydrogen-bond donors (Lipinski definition) is 3. The van der Waals surface area contributed by atoms with Crippen molar-refractivity contribution in [3.05, 3.63) is 120 Å². The van der Waals surface area contributed by atoms with Crippen molar-refractivity contribution >= 4 is 45.9 Å². The molecule has 0 saturated carbocycles. The van der Waals surface area contributed by atoms with Crippen LogP contribution in [-0.4, -0.2) is 36.0 Å². The van der Waals surface area contributed by atoms with Crippen molar-refractivity contribution in [2.45, 2.75) is 20.0 Å². The van der Waals surface area contributed by atoms with Crippen LogP contribution in [0.15, 0.2) is 91.8 Å². The number of anilines is 4. The summed E-state index contributed by atoms with van der Waals surface area (Å²) in [6.07, 6.45) is 1.07. The van der Waals surface area contributed by atoms with Gasteiger partial charge in [0.1, 0.15) is 12.1 Å². The Bertz CT molecular complexity index is 2210. The van der Waals surface area contributed by atoms with Crippen LogP contribution in [0.2, 0.25) is 0 Å². The molecule has 0 aliphatic carbocycles. The summed E-state index contributed by atoms with van der Waals surface area (Å²) in [6, 6.07) is 17.8. The molecule has 3 N–H and O–H groups in total. The number of fused-ring (bicyclic) bond motifs is 1. The largest absolute Gasteiger partial charge is 0.416 e. The summed E-state index contributed by atoms with van der Waals surface area (Å²) in [7, 11) is 0. The van der Waals surface area contributed by atoms with Gasteiger partial charge in [-0.05, 0) is 74.0 Å². The summed E-state index contributed by atoms with van der Waals surface area (Å²) in [6.45, 7) is 3.45. The van der Waals surface area contributed by atoms with Crippen LogP contribution in [-0.2, 0) is 6.18 Å². The van der Waals surface area contributed by atoms with Crippen molar-refractivity contribution < 1.29 is 22.8 Å². The number of nitriles is 1. The second-order valence-corrected chi connectivity index (χ2v) is 10.6. The smallest absolute Gasteiger partial charge is 0.340 e. The molecule has 0 fully saturated rings. The Balaban J connectivity index is 1.23. The van der Waals surface area contributed by atoms with E-state index in [2.05, 4.69) is 37.0 Å². The van der Waals surface area contributed by atoms with E-state index in [1.165, 1.54) is 40.1 Å². The summed E-state index contributed by atoms with van der Waals surface area (Å²) in [4.78, 5) is 39.2. The minimum atomic E-state index is -4.69. The number of aromatic nitrogens is 5. The van der Waals surface area contributed by atoms with Crippen LogP contribution in [0.5, 0.6) is 0 Å². The van der Waals surface area contributed by atoms with E-state index in [9.17, 15) is 28.0 Å². The Hall–Kier alpha value is -6.49. The average Bonchev–Trinajstić information content (AvgIpc) is 3.69. The SMILES string of the molecule is Cc1cn(-c2cc(C(=O)Nc3ccc(C)c(NC(=O)n4ccc5c(Nc6cccc(C#N)c6)ncnc54)c3)cc(C(F)(F)F)c2)cn1. The molecule has 3 aromatic heterocycles. The monoisotopic (exact) mass is 635 g/mol. The molecular weight excluding hydrogens is 611 g/mol. The number of carbonyl (C=O) groups is 2. The van der Waals surface area contributed by atoms with Crippen LogP contribution in [0, 0.1) is 25.2 Å². The lowest BCUT2D eigenvalue weighted by Gasteiger charge is -2.14. The van der Waals surface area contributed by atoms with Crippen LogP contribution in [0.4, 0.5) is 40.8 Å². The maximum absolute atomic E-state index is 13.7. The number of nitrogens with zero attached hydrogens (tertiary/aromatic N) is 6. The number of aryl methyl sites for hydroxylation is 2. The van der Waals surface area contributed by atoms with Gasteiger partial charge in [-0.2, -0.15) is 18.4 Å². The van der Waals surface area contributed by atoms with Gasteiger partial charge in [0.05, 0.1) is 34.6 Å². The highest BCUT2D eigenvalue weighted by atomic mass is 19.4. The Morgan fingerprint density at radius 3 is 2.49 bits per heavy atom. The molecule has 3 aromatic carbocycles. The van der Waals surface area contributed by atoms with Gasteiger partial charge >= 0.3 is 12.2 Å². The van der Waals surface area contributed by atoms with E-state index in [1.807, 2.05) is 0 Å². The van der Waals surface area contributed by atoms with E-state index in [-0.39, 0.29) is 16.9 Å². The maximum Gasteiger partial charge on any atom is 0.416 e. The van der Waals surface area contributed by atoms with Crippen LogP contribution in [0.1, 0.15) is 32.7 Å². The number of imidazole rings is 1. The van der Waals surface area contributed by atoms with Crippen molar-refractivity contribution in [1.82, 2.24) is 24.1 Å². The van der Waals surface area contributed by atoms with E-state index in [0.717, 1.165) is 12.1 Å². The fourth-order valence-corrected chi connectivity index (χ4v) is 4.85. The van der Waals surface area contributed by atoms with Crippen molar-refractivity contribution in [2.24, 2.45) is 0 Å². The number of hydrogen-bond acceptors (Lipinski definition) is 7. The van der Waals surface area contributed by atoms with Gasteiger partial charge in [-0.3, -0.25) is 9.36 Å². The maximum atomic E-state index is 13.7. The molecule has 11 nitrogen and oxygen atoms in total. The molecule has 0 spiro atoms. The zero-order chi connectivity index (χ0) is 33.3. The van der Waals surface area contributed by atoms with Crippen LogP contribution in [0.25, 0.3) is 16.7 Å². The highest BCUT2D eigenvalue weighted by Crippen LogP contribution is 2.32. The summed E-state index contributed by atoms with van der Waals surface area (Å²) in [5.41, 5.74) is 2.21. The number of halogens is 3. The third kappa shape index (κ3) is 6.50. The van der Waals surface area contributed by atoms with E-state index >= 15 is 0 Å². The molecule has 0 unspecified atom stereocenters. The molecule has 47 heavy (non-hydrogen) atoms. The van der Waals surface area contributed by atoms with Gasteiger partial charge < -0.3 is 20.5 Å². The van der Waals surface area contributed by atoms with Gasteiger partial charge in [0.15, 0.2) is 5.65 Å². The van der Waals surface area contributed by atoms with Gasteiger partial charge in [0, 0.05) is 40.7 Å². The molecule has 0 saturated heterocycles. The Kier molecular flexibility index (Phi) is 7.88. The Labute approximate surface area is 265 Å². The number of nitrogens with one attached hydrogen (secondary N) is 3. The minimum Gasteiger partial charge on any atom is -0.340 e. The van der Waals surface area contributed by atoms with Crippen molar-refractivity contribution in [3.63, 3.8) is 0 Å². The molecule has 14 heteroatoms. The average molecular weight is 636 g/mol. The minimum absolute atomic E-state index is 0.124. The normalized spacial score (nSPS) is 11.2. The number of benzene rings is 3. The Morgan fingerprint density at radius 2 is 1.74 bits per heavy atom. The summed E-state index contributed by atoms with van der Waals surface area (Å²) >= 11 is 0. The van der Waals surface area contributed by atoms with Crippen molar-refractivity contribution in [1.29, 1.82) is 5.26 Å². The first-order chi connectivity index (χ1) is 22.5. The van der Waals surface area contributed by atoms with E-state index < -0.39 is 23.7 Å². The number of alkyl halides is 3. The van der Waals surface area contributed by atoms with Crippen molar-refractivity contribution in [3.8, 4) is 11.8 Å². The van der Waals surface area contributed by atoms with Crippen LogP contribution in [0.3, 0.4) is 0 Å². The standard InChI is InChI=1S/C33H24F3N9O2/c1-19-6-7-25(42-31(46)22-11-23(33(34,35)36)13-26(12-22)44-16-20(2)40-18-44)14-28(19)43-32(47)45-9-8-27-29(38-17-39-30(27)45)41-24-5-3-4-21(10-24)15-37/h3-14,16-18H,1-2H3,(H,42,46)(H,43,47)(H,38,39,41). The molecule has 3 heterocycles. The zero-order valence-electron chi connectivity index (χ0n) is 24.8. The Morgan fingerprint density at radius 1 is 0.915 bits per heavy atom. The van der Waals surface area contributed by atoms with Crippen molar-refractivity contribution in [2.75, 3.05) is 16.0 Å². The predicted octanol–water partition coefficient (Wildman–Crippen LogP) is 7.20. The van der Waals surface area contributed by atoms with Crippen LogP contribution < -0.4 is 16.0 Å². The first-order valence-electron chi connectivity index (χ1n) is 14.0. The number of rotatable bonds is 6. The fraction of sp³-hybridized carbons (Fsp3) is 0.0909. The summed E-state index contributed by atoms with van der Waals surface area (Å²) < 4.78 is 43.9. The third-order valence-corrected chi connectivity index (χ3v) is 7.21. The molecule has 2 amide bonds. The summed E-state index contributed by atoms with van der Waals surface area (Å²) in [5, 5.41) is 18.3. The molecule has 234 valence electrons. The second-order valence-electron chi connectivity index (χ2n) is 10.6. The van der Waals surface area contributed by atoms with E-state index in [0.29, 0.717) is 45.0 Å². The fourth-order valence-electron chi connectivity index (χ4n) is 4.85. The molecule has 0 radical (unpaired) electrons. The van der Waals surface area contributed by atoms with Gasteiger partial charge in [-0.15, -0.1) is 0 Å². The zero-order valence-corrected chi connectivity index (χ0v) is 24.8. The van der Waals surface area contributed by atoms with Crippen LogP contribution >= 0.6 is 0 Å². The molecule has 6 aromatic rings. The molecule has 0 aliphatic heterocycles. The van der Waals surface area contributed by atoms with Gasteiger partial charge in [0.2, 0.25) is 0 Å². The second kappa shape index (κ2) is 12.1. The molecule has 0 aliphatic rings. The highest BCUT2D eigenvalue weighted by Gasteiger charge is 2.32. The third-order valence-electron chi connectivity index (χ3n) is 7.21. The van der Waals surface area contributed by atoms with E-state index in [1.54, 1.807) is 62.5 Å². The quantitative estimate of drug-likeness (QED) is 0.176. The molecular formula is C33H24F3N9O2. The lowest BCUT2D eigenvalue weighted by Crippen LogP contribution is -2.20. The lowest BCUT2D eigenvalue weighted by molar-refractivity contribution is -0.137. The topological polar surface area (TPSA) is 143 Å². The predicted molar refractivity (Wildman–Crippen MR) is 169 cm³/mol. The highest BCUT2D eigenvalue weighted by molar-refractivity contribution is 6.06. The lowest BCUT2D eigenvalue weighted by atomic mass is 10.1. The number of amides is 2. The van der Waals surface area contributed by atoms with E-state index in [4.69, 9.17) is 0 Å². The number of carbonyl (C=O) groups excluding carboxylic acids is 2. The van der Waals surface area contributed by atoms with Gasteiger partial charge in [0.25, 0.3) is 5.91 Å². The molecule has 0 bridgehead atoms. The van der Waals surface area contributed by atoms with Gasteiger partial charge in [-0.1, -0.05) is 12.1 Å². The molecule has 6 rings (SSSR count). The van der Waals surface area contributed by atoms with Gasteiger partial charge in [-0.25, -0.2) is 19.7 Å². The summed E-state index contributed by atoms with van der Waals surface area (Å²) in [5.74, 6) is -0.345. The first-order valence-corrected chi connectivity index (χ1v) is 14.0. The first kappa shape index (κ1) is 30.5.